The van der Waals surface area contributed by atoms with E-state index in [0.29, 0.717) is 38.9 Å². The van der Waals surface area contributed by atoms with Crippen LogP contribution in [-0.2, 0) is 9.47 Å². The van der Waals surface area contributed by atoms with Gasteiger partial charge >= 0.3 is 6.09 Å². The summed E-state index contributed by atoms with van der Waals surface area (Å²) in [5, 5.41) is 0. The molecule has 0 N–H and O–H groups in total. The summed E-state index contributed by atoms with van der Waals surface area (Å²) in [6.45, 7) is 1.76. The van der Waals surface area contributed by atoms with Crippen LogP contribution in [0.15, 0.2) is 11.9 Å². The van der Waals surface area contributed by atoms with Crippen molar-refractivity contribution in [3.63, 3.8) is 0 Å². The van der Waals surface area contributed by atoms with E-state index in [0.717, 1.165) is 5.57 Å². The largest absolute Gasteiger partial charge is 0.445 e. The average molecular weight is 272 g/mol. The first kappa shape index (κ1) is 14.3. The molecule has 2 heterocycles. The quantitative estimate of drug-likeness (QED) is 0.779. The van der Waals surface area contributed by atoms with Gasteiger partial charge in [-0.15, -0.1) is 0 Å². The molecule has 2 atom stereocenters. The molecule has 0 saturated carbocycles. The van der Waals surface area contributed by atoms with E-state index in [1.165, 1.54) is 4.90 Å². The molecule has 2 fully saturated rings. The molecule has 1 amide bonds. The number of carbonyl (C=O) groups excluding carboxylic acids is 1. The van der Waals surface area contributed by atoms with Gasteiger partial charge in [-0.2, -0.15) is 0 Å². The van der Waals surface area contributed by atoms with Crippen molar-refractivity contribution >= 4 is 6.09 Å². The summed E-state index contributed by atoms with van der Waals surface area (Å²) in [6, 6.07) is 0. The van der Waals surface area contributed by atoms with E-state index in [1.807, 2.05) is 0 Å². The normalized spacial score (nSPS) is 32.6. The minimum absolute atomic E-state index is 0.147. The van der Waals surface area contributed by atoms with E-state index < -0.39 is 0 Å². The number of nitrogens with zero attached hydrogens (tertiary/aromatic N) is 2. The highest BCUT2D eigenvalue weighted by molar-refractivity contribution is 5.67. The number of hydrogen-bond acceptors (Lipinski definition) is 4. The molecular formula is C13H21FN2O3. The van der Waals surface area contributed by atoms with Crippen LogP contribution in [-0.4, -0.2) is 68.4 Å². The van der Waals surface area contributed by atoms with Crippen molar-refractivity contribution in [1.82, 2.24) is 9.80 Å². The fraction of sp³-hybridized carbons (Fsp3) is 0.769. The second kappa shape index (κ2) is 5.46. The SMILES string of the molecule is COC[C@]12C/C(=C/F)CN1C[C@@H](OC(=O)N(C)C)C2. The van der Waals surface area contributed by atoms with Crippen molar-refractivity contribution < 1.29 is 18.7 Å². The minimum Gasteiger partial charge on any atom is -0.445 e. The molecule has 0 radical (unpaired) electrons. The van der Waals surface area contributed by atoms with Crippen LogP contribution in [0, 0.1) is 0 Å². The van der Waals surface area contributed by atoms with E-state index >= 15 is 0 Å². The van der Waals surface area contributed by atoms with Crippen molar-refractivity contribution in [2.24, 2.45) is 0 Å². The summed E-state index contributed by atoms with van der Waals surface area (Å²) >= 11 is 0. The van der Waals surface area contributed by atoms with Crippen molar-refractivity contribution in [3.8, 4) is 0 Å². The molecule has 0 aromatic carbocycles. The molecular weight excluding hydrogens is 251 g/mol. The highest BCUT2D eigenvalue weighted by Gasteiger charge is 2.51. The summed E-state index contributed by atoms with van der Waals surface area (Å²) in [5.41, 5.74) is 0.568. The van der Waals surface area contributed by atoms with Gasteiger partial charge in [0.2, 0.25) is 0 Å². The molecule has 6 heteroatoms. The van der Waals surface area contributed by atoms with Gasteiger partial charge in [-0.05, 0) is 12.0 Å². The Kier molecular flexibility index (Phi) is 4.10. The van der Waals surface area contributed by atoms with E-state index in [1.54, 1.807) is 21.2 Å². The molecule has 19 heavy (non-hydrogen) atoms. The van der Waals surface area contributed by atoms with Crippen LogP contribution in [0.3, 0.4) is 0 Å². The number of ether oxygens (including phenoxy) is 2. The van der Waals surface area contributed by atoms with Crippen molar-refractivity contribution in [2.75, 3.05) is 40.9 Å². The first-order valence-corrected chi connectivity index (χ1v) is 6.41. The van der Waals surface area contributed by atoms with Crippen molar-refractivity contribution in [1.29, 1.82) is 0 Å². The summed E-state index contributed by atoms with van der Waals surface area (Å²) in [6.07, 6.45) is 1.55. The molecule has 0 unspecified atom stereocenters. The highest BCUT2D eigenvalue weighted by atomic mass is 19.1. The van der Waals surface area contributed by atoms with Gasteiger partial charge in [0.1, 0.15) is 6.10 Å². The topological polar surface area (TPSA) is 42.0 Å². The molecule has 2 aliphatic rings. The maximum absolute atomic E-state index is 12.7. The standard InChI is InChI=1S/C13H21FN2O3/c1-15(2)12(17)19-11-5-13(9-18-3)4-10(6-14)7-16(13)8-11/h6,11H,4-5,7-9H2,1-3H3/b10-6-/t11-,13+/m0/s1. The number of carbonyl (C=O) groups is 1. The monoisotopic (exact) mass is 272 g/mol. The van der Waals surface area contributed by atoms with Gasteiger partial charge < -0.3 is 14.4 Å². The van der Waals surface area contributed by atoms with Gasteiger partial charge in [-0.25, -0.2) is 9.18 Å². The zero-order valence-electron chi connectivity index (χ0n) is 11.7. The molecule has 0 aromatic heterocycles. The van der Waals surface area contributed by atoms with Crippen molar-refractivity contribution in [3.05, 3.63) is 11.9 Å². The van der Waals surface area contributed by atoms with Gasteiger partial charge in [0.25, 0.3) is 0 Å². The second-order valence-electron chi connectivity index (χ2n) is 5.59. The van der Waals surface area contributed by atoms with E-state index in [-0.39, 0.29) is 17.7 Å². The fourth-order valence-corrected chi connectivity index (χ4v) is 3.07. The Balaban J connectivity index is 2.04. The zero-order valence-corrected chi connectivity index (χ0v) is 11.7. The van der Waals surface area contributed by atoms with Crippen LogP contribution >= 0.6 is 0 Å². The Morgan fingerprint density at radius 3 is 2.95 bits per heavy atom. The molecule has 2 rings (SSSR count). The van der Waals surface area contributed by atoms with E-state index in [9.17, 15) is 9.18 Å². The molecule has 108 valence electrons. The van der Waals surface area contributed by atoms with Crippen LogP contribution < -0.4 is 0 Å². The third-order valence-electron chi connectivity index (χ3n) is 3.85. The Morgan fingerprint density at radius 1 is 1.63 bits per heavy atom. The summed E-state index contributed by atoms with van der Waals surface area (Å²) in [4.78, 5) is 15.2. The van der Waals surface area contributed by atoms with Crippen LogP contribution in [0.5, 0.6) is 0 Å². The average Bonchev–Trinajstić information content (AvgIpc) is 2.82. The Morgan fingerprint density at radius 2 is 2.37 bits per heavy atom. The number of fused-ring (bicyclic) bond motifs is 1. The third kappa shape index (κ3) is 2.74. The van der Waals surface area contributed by atoms with Gasteiger partial charge in [0.15, 0.2) is 0 Å². The number of rotatable bonds is 3. The number of amides is 1. The van der Waals surface area contributed by atoms with Crippen LogP contribution in [0.1, 0.15) is 12.8 Å². The number of hydrogen-bond donors (Lipinski definition) is 0. The molecule has 2 saturated heterocycles. The third-order valence-corrected chi connectivity index (χ3v) is 3.85. The Hall–Kier alpha value is -1.14. The van der Waals surface area contributed by atoms with Gasteiger partial charge in [-0.3, -0.25) is 4.90 Å². The Bertz CT molecular complexity index is 386. The first-order valence-electron chi connectivity index (χ1n) is 6.41. The minimum atomic E-state index is -0.333. The van der Waals surface area contributed by atoms with Gasteiger partial charge in [0.05, 0.1) is 18.5 Å². The lowest BCUT2D eigenvalue weighted by Crippen LogP contribution is -2.42. The number of halogens is 1. The zero-order chi connectivity index (χ0) is 14.0. The molecule has 2 aliphatic heterocycles. The van der Waals surface area contributed by atoms with Gasteiger partial charge in [0, 0.05) is 40.7 Å². The van der Waals surface area contributed by atoms with E-state index in [4.69, 9.17) is 9.47 Å². The highest BCUT2D eigenvalue weighted by Crippen LogP contribution is 2.42. The summed E-state index contributed by atoms with van der Waals surface area (Å²) < 4.78 is 23.4. The predicted octanol–water partition coefficient (Wildman–Crippen LogP) is 1.40. The van der Waals surface area contributed by atoms with Crippen LogP contribution in [0.4, 0.5) is 9.18 Å². The lowest BCUT2D eigenvalue weighted by Gasteiger charge is -2.29. The fourth-order valence-electron chi connectivity index (χ4n) is 3.07. The molecule has 5 nitrogen and oxygen atoms in total. The lowest BCUT2D eigenvalue weighted by molar-refractivity contribution is 0.0618. The summed E-state index contributed by atoms with van der Waals surface area (Å²) in [5.74, 6) is 0. The smallest absolute Gasteiger partial charge is 0.409 e. The van der Waals surface area contributed by atoms with E-state index in [2.05, 4.69) is 4.90 Å². The lowest BCUT2D eigenvalue weighted by atomic mass is 9.93. The Labute approximate surface area is 112 Å². The molecule has 0 bridgehead atoms. The molecule has 0 spiro atoms. The summed E-state index contributed by atoms with van der Waals surface area (Å²) in [7, 11) is 4.96. The maximum Gasteiger partial charge on any atom is 0.409 e. The predicted molar refractivity (Wildman–Crippen MR) is 68.6 cm³/mol. The maximum atomic E-state index is 12.7. The number of methoxy groups -OCH3 is 1. The van der Waals surface area contributed by atoms with Gasteiger partial charge in [-0.1, -0.05) is 0 Å². The first-order chi connectivity index (χ1) is 9.00. The molecule has 0 aliphatic carbocycles. The van der Waals surface area contributed by atoms with Crippen molar-refractivity contribution in [2.45, 2.75) is 24.5 Å². The van der Waals surface area contributed by atoms with Crippen LogP contribution in [0.2, 0.25) is 0 Å². The molecule has 0 aromatic rings. The van der Waals surface area contributed by atoms with Crippen LogP contribution in [0.25, 0.3) is 0 Å². The second-order valence-corrected chi connectivity index (χ2v) is 5.59.